The Labute approximate surface area is 530 Å². The molecule has 42 heteroatoms. The van der Waals surface area contributed by atoms with Gasteiger partial charge < -0.3 is 127 Å². The number of carbonyl (C=O) groups excluding carboxylic acids is 5. The Morgan fingerprint density at radius 2 is 0.868 bits per heavy atom. The molecule has 0 aliphatic carbocycles. The Bertz CT molecular complexity index is 2540. The number of guanidine groups is 6. The molecule has 518 valence electrons. The van der Waals surface area contributed by atoms with Crippen molar-refractivity contribution in [3.8, 4) is 0 Å². The minimum Gasteiger partial charge on any atom is -0.480 e. The average molecular weight is 1320 g/mol. The smallest absolute Gasteiger partial charge is 0.326 e. The number of nitrogens with two attached hydrogens (primary N) is 8. The number of hydrogen-bond donors (Lipinski definition) is 24. The Hall–Kier alpha value is -10.2. The van der Waals surface area contributed by atoms with E-state index in [1.54, 1.807) is 6.92 Å². The minimum atomic E-state index is -1.14. The van der Waals surface area contributed by atoms with Gasteiger partial charge in [-0.25, -0.2) is 29.0 Å². The summed E-state index contributed by atoms with van der Waals surface area (Å²) < 4.78 is 0. The van der Waals surface area contributed by atoms with Crippen LogP contribution in [0, 0.1) is 33.0 Å². The molecule has 5 amide bonds. The summed E-state index contributed by atoms with van der Waals surface area (Å²) in [6.45, 7) is 3.63. The lowest BCUT2D eigenvalue weighted by Crippen LogP contribution is -2.49. The molecule has 91 heavy (non-hydrogen) atoms. The largest absolute Gasteiger partial charge is 0.480 e. The molecule has 0 bridgehead atoms. The Morgan fingerprint density at radius 3 is 1.14 bits per heavy atom. The molecular formula is C49H96N26O15S. The molecule has 0 fully saturated rings. The number of aliphatic carboxylic acids is 5. The summed E-state index contributed by atoms with van der Waals surface area (Å²) in [5.74, 6) is -8.78. The lowest BCUT2D eigenvalue weighted by atomic mass is 9.99. The summed E-state index contributed by atoms with van der Waals surface area (Å²) in [4.78, 5) is 129. The first-order valence-corrected chi connectivity index (χ1v) is 28.7. The van der Waals surface area contributed by atoms with Gasteiger partial charge in [0.1, 0.15) is 30.2 Å². The second-order valence-corrected chi connectivity index (χ2v) is 20.6. The van der Waals surface area contributed by atoms with Gasteiger partial charge in [0.25, 0.3) is 0 Å². The topological polar surface area (TPSA) is 717 Å². The number of imidazole rings is 1. The number of carboxylic acids is 5. The molecule has 1 aromatic heterocycles. The van der Waals surface area contributed by atoms with Crippen LogP contribution in [0.4, 0.5) is 0 Å². The quantitative estimate of drug-likeness (QED) is 0.0171. The number of nitrogens with one attached hydrogen (secondary N) is 11. The summed E-state index contributed by atoms with van der Waals surface area (Å²) in [6, 6.07) is -4.82. The predicted octanol–water partition coefficient (Wildman–Crippen LogP) is -7.15. The van der Waals surface area contributed by atoms with Gasteiger partial charge in [-0.2, -0.15) is 11.8 Å². The SMILES string of the molecule is CC[C@H](C)[C@H](NC(=O)CN(C)C(=N)N)C(=O)O.CN(CC(=O)N[C@@H](CCCCN)C(=O)O)C(=N)N.CN(CC(=O)N[C@@H](CCCN=C(N)N)C(=O)O)C(=N)N.CN(CC(=O)N[C@@H](Cc1cnc[nH]1)C(=O)O)C(=N)N.CSCC[C@H](NC(=O)CN(C)C(=N)N)C(=O)O. The number of aromatic amines is 1. The summed E-state index contributed by atoms with van der Waals surface area (Å²) in [5.41, 5.74) is 42.1. The third-order valence-electron chi connectivity index (χ3n) is 11.8. The summed E-state index contributed by atoms with van der Waals surface area (Å²) in [6.07, 6.45) is 8.20. The van der Waals surface area contributed by atoms with E-state index in [2.05, 4.69) is 41.5 Å². The van der Waals surface area contributed by atoms with E-state index in [4.69, 9.17) is 98.4 Å². The normalized spacial score (nSPS) is 11.9. The first-order valence-electron chi connectivity index (χ1n) is 27.3. The standard InChI is InChI=1S/C10H21N7O3.C10H16N6O3.C10H21N5O3.C10H20N4O3.C9H18N4O3S/c1-17(10(13)14)5-7(18)16-6(8(19)20)3-2-4-15-9(11)12;1-16(10(11)12)4-8(17)15-7(9(18)19)2-6-3-13-5-14-6;1-15(10(12)13)6-8(16)14-7(9(17)18)4-2-3-5-11;1-4-6(2)8(9(16)17)13-7(15)5-14(3)10(11)12;1-13(9(10)11)5-7(14)12-6(8(15)16)3-4-17-2/h6H,2-5H2,1H3,(H3,13,14)(H,16,18)(H,19,20)(H4,11,12,15);3,5,7H,2,4H2,1H3,(H3,11,12)(H,13,14)(H,15,17)(H,18,19);7H,2-6,11H2,1H3,(H3,12,13)(H,14,16)(H,17,18);6,8H,4-5H2,1-3H3,(H3,11,12)(H,13,15)(H,16,17);6H,3-5H2,1-2H3,(H3,10,11)(H,12,14)(H,15,16)/t6-;2*7-;6-,8-;6-/m00000/s1. The fourth-order valence-corrected chi connectivity index (χ4v) is 6.66. The van der Waals surface area contributed by atoms with Gasteiger partial charge in [-0.15, -0.1) is 0 Å². The maximum Gasteiger partial charge on any atom is 0.326 e. The van der Waals surface area contributed by atoms with Crippen LogP contribution in [0.5, 0.6) is 0 Å². The van der Waals surface area contributed by atoms with E-state index in [-0.39, 0.29) is 93.8 Å². The number of thioether (sulfide) groups is 1. The Balaban J connectivity index is -0.000000521. The van der Waals surface area contributed by atoms with Gasteiger partial charge >= 0.3 is 29.8 Å². The molecule has 0 aliphatic rings. The van der Waals surface area contributed by atoms with E-state index in [1.165, 1.54) is 84.0 Å². The molecule has 0 unspecified atom stereocenters. The number of aromatic nitrogens is 2. The number of H-pyrrole nitrogens is 1. The van der Waals surface area contributed by atoms with Gasteiger partial charge in [-0.1, -0.05) is 20.3 Å². The Morgan fingerprint density at radius 1 is 0.538 bits per heavy atom. The van der Waals surface area contributed by atoms with E-state index >= 15 is 0 Å². The lowest BCUT2D eigenvalue weighted by molar-refractivity contribution is -0.143. The Kier molecular flexibility index (Phi) is 46.8. The van der Waals surface area contributed by atoms with E-state index in [1.807, 2.05) is 13.2 Å². The third kappa shape index (κ3) is 45.7. The highest BCUT2D eigenvalue weighted by Gasteiger charge is 2.27. The monoisotopic (exact) mass is 1320 g/mol. The number of nitrogens with zero attached hydrogens (tertiary/aromatic N) is 7. The number of rotatable bonds is 35. The van der Waals surface area contributed by atoms with Crippen molar-refractivity contribution in [2.45, 2.75) is 95.4 Å². The zero-order valence-electron chi connectivity index (χ0n) is 52.4. The number of hydrogen-bond acceptors (Lipinski definition) is 19. The van der Waals surface area contributed by atoms with Crippen LogP contribution in [-0.2, 0) is 54.4 Å². The van der Waals surface area contributed by atoms with Crippen LogP contribution < -0.4 is 72.5 Å². The van der Waals surface area contributed by atoms with E-state index in [0.29, 0.717) is 56.5 Å². The van der Waals surface area contributed by atoms with Crippen molar-refractivity contribution >= 4 is 107 Å². The molecular weight excluding hydrogens is 1220 g/mol. The van der Waals surface area contributed by atoms with Crippen molar-refractivity contribution in [3.63, 3.8) is 0 Å². The van der Waals surface area contributed by atoms with E-state index in [9.17, 15) is 47.9 Å². The molecule has 0 aromatic carbocycles. The number of aliphatic imine (C=N–C) groups is 1. The van der Waals surface area contributed by atoms with Crippen molar-refractivity contribution in [2.75, 3.05) is 93.1 Å². The second-order valence-electron chi connectivity index (χ2n) is 19.6. The molecule has 0 spiro atoms. The van der Waals surface area contributed by atoms with Gasteiger partial charge in [0.05, 0.1) is 39.1 Å². The zero-order valence-corrected chi connectivity index (χ0v) is 53.2. The van der Waals surface area contributed by atoms with Gasteiger partial charge in [-0.3, -0.25) is 56.0 Å². The molecule has 1 aromatic rings. The molecule has 0 radical (unpaired) electrons. The van der Waals surface area contributed by atoms with Crippen LogP contribution in [-0.4, -0.2) is 278 Å². The molecule has 1 heterocycles. The van der Waals surface area contributed by atoms with Crippen molar-refractivity contribution in [3.05, 3.63) is 18.2 Å². The van der Waals surface area contributed by atoms with Gasteiger partial charge in [0.2, 0.25) is 29.5 Å². The number of carbonyl (C=O) groups is 10. The molecule has 0 saturated heterocycles. The van der Waals surface area contributed by atoms with Crippen LogP contribution in [0.2, 0.25) is 0 Å². The first-order chi connectivity index (χ1) is 42.2. The van der Waals surface area contributed by atoms with Crippen molar-refractivity contribution in [1.82, 2.24) is 61.1 Å². The highest BCUT2D eigenvalue weighted by Crippen LogP contribution is 2.08. The van der Waals surface area contributed by atoms with Crippen LogP contribution in [0.1, 0.15) is 64.5 Å². The van der Waals surface area contributed by atoms with E-state index < -0.39 is 89.6 Å². The van der Waals surface area contributed by atoms with Gasteiger partial charge in [-0.05, 0) is 63.0 Å². The number of amides is 5. The molecule has 32 N–H and O–H groups in total. The van der Waals surface area contributed by atoms with Crippen LogP contribution in [0.25, 0.3) is 0 Å². The number of carboxylic acid groups (broad SMARTS) is 5. The summed E-state index contributed by atoms with van der Waals surface area (Å²) in [5, 5.41) is 92.2. The highest BCUT2D eigenvalue weighted by molar-refractivity contribution is 7.98. The fourth-order valence-electron chi connectivity index (χ4n) is 6.19. The van der Waals surface area contributed by atoms with Crippen molar-refractivity contribution in [2.24, 2.45) is 56.8 Å². The molecule has 41 nitrogen and oxygen atoms in total. The van der Waals surface area contributed by atoms with Gasteiger partial charge in [0.15, 0.2) is 35.8 Å². The predicted molar refractivity (Wildman–Crippen MR) is 338 cm³/mol. The molecule has 0 aliphatic heterocycles. The maximum absolute atomic E-state index is 11.6. The minimum absolute atomic E-state index is 0.0657. The molecule has 1 rings (SSSR count). The van der Waals surface area contributed by atoms with Crippen LogP contribution in [0.3, 0.4) is 0 Å². The zero-order chi connectivity index (χ0) is 71.3. The number of likely N-dealkylation sites (N-methyl/N-ethyl adjacent to an activating group) is 5. The fraction of sp³-hybridized carbons (Fsp3) is 0.612. The summed E-state index contributed by atoms with van der Waals surface area (Å²) >= 11 is 1.51. The molecule has 0 saturated carbocycles. The molecule has 6 atom stereocenters. The summed E-state index contributed by atoms with van der Waals surface area (Å²) in [7, 11) is 7.37. The lowest BCUT2D eigenvalue weighted by Gasteiger charge is -2.22. The van der Waals surface area contributed by atoms with Gasteiger partial charge in [0, 0.05) is 60.1 Å². The van der Waals surface area contributed by atoms with E-state index in [0.717, 1.165) is 0 Å². The van der Waals surface area contributed by atoms with Crippen LogP contribution >= 0.6 is 11.8 Å². The van der Waals surface area contributed by atoms with Crippen LogP contribution in [0.15, 0.2) is 17.5 Å². The average Bonchev–Trinajstić information content (AvgIpc) is 3.47. The third-order valence-corrected chi connectivity index (χ3v) is 12.4. The highest BCUT2D eigenvalue weighted by atomic mass is 32.2. The number of unbranched alkanes of at least 4 members (excludes halogenated alkanes) is 1. The second kappa shape index (κ2) is 48.8. The first kappa shape index (κ1) is 87.3. The van der Waals surface area contributed by atoms with Crippen molar-refractivity contribution < 1.29 is 73.5 Å². The maximum atomic E-state index is 11.6. The van der Waals surface area contributed by atoms with Crippen molar-refractivity contribution in [1.29, 1.82) is 27.0 Å².